The Kier molecular flexibility index (Phi) is 7.79. The van der Waals surface area contributed by atoms with Crippen molar-refractivity contribution in [1.29, 1.82) is 0 Å². The van der Waals surface area contributed by atoms with E-state index < -0.39 is 0 Å². The van der Waals surface area contributed by atoms with Crippen molar-refractivity contribution in [2.24, 2.45) is 23.7 Å². The first-order chi connectivity index (χ1) is 31.4. The maximum Gasteiger partial charge on any atom is 0.0640 e. The molecule has 9 aromatic rings. The number of anilines is 3. The van der Waals surface area contributed by atoms with Crippen LogP contribution in [0.25, 0.3) is 64.7 Å². The summed E-state index contributed by atoms with van der Waals surface area (Å²) in [5.41, 5.74) is 21.9. The summed E-state index contributed by atoms with van der Waals surface area (Å²) in [5.74, 6) is 3.38. The second kappa shape index (κ2) is 13.4. The maximum atomic E-state index is 2.59. The third kappa shape index (κ3) is 4.96. The van der Waals surface area contributed by atoms with Crippen molar-refractivity contribution in [3.8, 4) is 44.5 Å². The number of hydrogen-bond acceptors (Lipinski definition) is 2. The SMILES string of the molecule is Cc1ccc2c(c1)C1(c3cccc(-c4ccc(-c5ccccc5N(c5cccc6c5-c5ccccc5C6(C)C)c5cccc6c5sc5ccccc56)cc4)c3-2)C2CC3CC(C2)CC1C3. The van der Waals surface area contributed by atoms with Gasteiger partial charge >= 0.3 is 0 Å². The molecular weight excluding hydrogens is 791 g/mol. The smallest absolute Gasteiger partial charge is 0.0640 e. The van der Waals surface area contributed by atoms with Gasteiger partial charge in [0.15, 0.2) is 0 Å². The first kappa shape index (κ1) is 37.2. The molecule has 310 valence electrons. The van der Waals surface area contributed by atoms with Gasteiger partial charge in [0.05, 0.1) is 21.8 Å². The Morgan fingerprint density at radius 3 is 1.84 bits per heavy atom. The minimum atomic E-state index is -0.112. The maximum absolute atomic E-state index is 2.59. The molecule has 1 heterocycles. The normalized spacial score (nSPS) is 22.8. The fourth-order valence-electron chi connectivity index (χ4n) is 14.6. The molecule has 1 nitrogen and oxygen atoms in total. The van der Waals surface area contributed by atoms with Gasteiger partial charge in [0.25, 0.3) is 0 Å². The first-order valence-electron chi connectivity index (χ1n) is 23.8. The van der Waals surface area contributed by atoms with Gasteiger partial charge in [-0.2, -0.15) is 0 Å². The Hall–Kier alpha value is -6.22. The van der Waals surface area contributed by atoms with Crippen molar-refractivity contribution in [3.05, 3.63) is 198 Å². The van der Waals surface area contributed by atoms with E-state index in [-0.39, 0.29) is 10.8 Å². The highest BCUT2D eigenvalue weighted by atomic mass is 32.1. The highest BCUT2D eigenvalue weighted by Crippen LogP contribution is 2.70. The molecule has 4 saturated carbocycles. The van der Waals surface area contributed by atoms with E-state index >= 15 is 0 Å². The van der Waals surface area contributed by atoms with E-state index in [9.17, 15) is 0 Å². The number of nitrogens with zero attached hydrogens (tertiary/aromatic N) is 1. The van der Waals surface area contributed by atoms with Crippen molar-refractivity contribution in [3.63, 3.8) is 0 Å². The van der Waals surface area contributed by atoms with E-state index in [1.54, 1.807) is 11.1 Å². The molecule has 0 radical (unpaired) electrons. The Bertz CT molecular complexity index is 3370. The second-order valence-corrected chi connectivity index (χ2v) is 21.6. The zero-order valence-electron chi connectivity index (χ0n) is 36.9. The molecular formula is C62H51NS. The van der Waals surface area contributed by atoms with Crippen LogP contribution in [-0.2, 0) is 10.8 Å². The fourth-order valence-corrected chi connectivity index (χ4v) is 15.8. The molecule has 6 aliphatic rings. The fraction of sp³-hybridized carbons (Fsp3) is 0.226. The molecule has 4 bridgehead atoms. The lowest BCUT2D eigenvalue weighted by molar-refractivity contribution is -0.0399. The van der Waals surface area contributed by atoms with E-state index in [2.05, 4.69) is 196 Å². The number of aryl methyl sites for hydroxylation is 1. The van der Waals surface area contributed by atoms with E-state index in [4.69, 9.17) is 0 Å². The number of benzene rings is 8. The molecule has 0 saturated heterocycles. The topological polar surface area (TPSA) is 3.24 Å². The molecule has 4 fully saturated rings. The van der Waals surface area contributed by atoms with Crippen LogP contribution in [0.15, 0.2) is 170 Å². The van der Waals surface area contributed by atoms with Crippen LogP contribution in [-0.4, -0.2) is 0 Å². The lowest BCUT2D eigenvalue weighted by Gasteiger charge is -2.61. The first-order valence-corrected chi connectivity index (χ1v) is 24.6. The van der Waals surface area contributed by atoms with Gasteiger partial charge in [-0.25, -0.2) is 0 Å². The summed E-state index contributed by atoms with van der Waals surface area (Å²) >= 11 is 1.91. The second-order valence-electron chi connectivity index (χ2n) is 20.5. The monoisotopic (exact) mass is 841 g/mol. The third-order valence-corrected chi connectivity index (χ3v) is 18.1. The molecule has 64 heavy (non-hydrogen) atoms. The average Bonchev–Trinajstić information content (AvgIpc) is 3.93. The Morgan fingerprint density at radius 1 is 0.453 bits per heavy atom. The van der Waals surface area contributed by atoms with Crippen LogP contribution < -0.4 is 4.90 Å². The number of hydrogen-bond donors (Lipinski definition) is 0. The Morgan fingerprint density at radius 2 is 1.03 bits per heavy atom. The van der Waals surface area contributed by atoms with Gasteiger partial charge in [-0.15, -0.1) is 11.3 Å². The van der Waals surface area contributed by atoms with Crippen molar-refractivity contribution >= 4 is 48.6 Å². The molecule has 1 aromatic heterocycles. The highest BCUT2D eigenvalue weighted by molar-refractivity contribution is 7.26. The molecule has 0 unspecified atom stereocenters. The van der Waals surface area contributed by atoms with Crippen LogP contribution in [0.1, 0.15) is 73.8 Å². The van der Waals surface area contributed by atoms with Gasteiger partial charge in [-0.05, 0) is 143 Å². The molecule has 0 N–H and O–H groups in total. The molecule has 8 aromatic carbocycles. The molecule has 2 heteroatoms. The van der Waals surface area contributed by atoms with Gasteiger partial charge in [0.2, 0.25) is 0 Å². The van der Waals surface area contributed by atoms with Gasteiger partial charge in [-0.1, -0.05) is 165 Å². The van der Waals surface area contributed by atoms with Gasteiger partial charge in [0.1, 0.15) is 0 Å². The van der Waals surface area contributed by atoms with E-state index in [0.29, 0.717) is 0 Å². The Labute approximate surface area is 381 Å². The number of rotatable bonds is 5. The minimum Gasteiger partial charge on any atom is -0.308 e. The lowest BCUT2D eigenvalue weighted by Crippen LogP contribution is -2.55. The summed E-state index contributed by atoms with van der Waals surface area (Å²) in [6, 6.07) is 65.3. The van der Waals surface area contributed by atoms with Crippen LogP contribution in [0.3, 0.4) is 0 Å². The average molecular weight is 842 g/mol. The van der Waals surface area contributed by atoms with E-state index in [1.165, 1.54) is 131 Å². The number of fused-ring (bicyclic) bond motifs is 9. The van der Waals surface area contributed by atoms with Crippen molar-refractivity contribution in [2.75, 3.05) is 4.90 Å². The van der Waals surface area contributed by atoms with Gasteiger partial charge < -0.3 is 4.90 Å². The number of para-hydroxylation sites is 1. The summed E-state index contributed by atoms with van der Waals surface area (Å²) < 4.78 is 2.63. The standard InChI is InChI=1S/C62H51NS/c1-37-25-30-49-53(31-37)62(42-33-38-32-39(35-42)36-43(62)34-38)52-20-10-16-45(58(49)52)41-28-26-40(27-29-41)44-13-5-8-21-54(44)63(56-23-11-17-47-46-14-6-9-24-57(46)64-60(47)56)55-22-12-19-51-59(55)48-15-4-7-18-50(48)61(51,2)3/h4-31,38-39,42-43H,32-36H2,1-3H3. The summed E-state index contributed by atoms with van der Waals surface area (Å²) in [4.78, 5) is 2.59. The zero-order valence-corrected chi connectivity index (χ0v) is 37.7. The van der Waals surface area contributed by atoms with Crippen LogP contribution in [0.2, 0.25) is 0 Å². The lowest BCUT2D eigenvalue weighted by atomic mass is 9.43. The van der Waals surface area contributed by atoms with Crippen LogP contribution in [0.5, 0.6) is 0 Å². The molecule has 1 spiro atoms. The molecule has 0 aliphatic heterocycles. The summed E-state index contributed by atoms with van der Waals surface area (Å²) in [5, 5.41) is 2.62. The van der Waals surface area contributed by atoms with Crippen molar-refractivity contribution in [2.45, 2.75) is 63.7 Å². The third-order valence-electron chi connectivity index (χ3n) is 16.9. The van der Waals surface area contributed by atoms with E-state index in [0.717, 1.165) is 23.7 Å². The highest BCUT2D eigenvalue weighted by Gasteiger charge is 2.61. The predicted octanol–water partition coefficient (Wildman–Crippen LogP) is 17.2. The van der Waals surface area contributed by atoms with Crippen molar-refractivity contribution in [1.82, 2.24) is 0 Å². The largest absolute Gasteiger partial charge is 0.308 e. The number of thiophene rings is 1. The summed E-state index contributed by atoms with van der Waals surface area (Å²) in [7, 11) is 0. The predicted molar refractivity (Wildman–Crippen MR) is 270 cm³/mol. The van der Waals surface area contributed by atoms with Crippen molar-refractivity contribution < 1.29 is 0 Å². The van der Waals surface area contributed by atoms with Gasteiger partial charge in [0, 0.05) is 37.4 Å². The quantitative estimate of drug-likeness (QED) is 0.167. The van der Waals surface area contributed by atoms with Gasteiger partial charge in [-0.3, -0.25) is 0 Å². The molecule has 6 aliphatic carbocycles. The van der Waals surface area contributed by atoms with Crippen LogP contribution in [0.4, 0.5) is 17.1 Å². The summed E-state index contributed by atoms with van der Waals surface area (Å²) in [6.07, 6.45) is 7.10. The molecule has 0 amide bonds. The Balaban J connectivity index is 0.942. The minimum absolute atomic E-state index is 0.112. The van der Waals surface area contributed by atoms with E-state index in [1.807, 2.05) is 11.3 Å². The zero-order chi connectivity index (χ0) is 42.5. The molecule has 0 atom stereocenters. The van der Waals surface area contributed by atoms with Crippen LogP contribution >= 0.6 is 11.3 Å². The summed E-state index contributed by atoms with van der Waals surface area (Å²) in [6.45, 7) is 7.08. The van der Waals surface area contributed by atoms with Crippen LogP contribution in [0, 0.1) is 30.6 Å². The molecule has 15 rings (SSSR count).